The molecule has 0 unspecified atom stereocenters. The minimum absolute atomic E-state index is 0.0649. The first-order chi connectivity index (χ1) is 10.5. The molecular weight excluding hydrogens is 343 g/mol. The first kappa shape index (κ1) is 16.5. The summed E-state index contributed by atoms with van der Waals surface area (Å²) in [5, 5.41) is 3.26. The molecule has 0 saturated carbocycles. The van der Waals surface area contributed by atoms with Crippen LogP contribution < -0.4 is 15.8 Å². The van der Waals surface area contributed by atoms with Gasteiger partial charge in [0, 0.05) is 5.56 Å². The Kier molecular flexibility index (Phi) is 5.60. The van der Waals surface area contributed by atoms with Gasteiger partial charge in [0.05, 0.1) is 10.0 Å². The number of amides is 1. The molecule has 0 spiro atoms. The van der Waals surface area contributed by atoms with Crippen LogP contribution in [0.25, 0.3) is 0 Å². The van der Waals surface area contributed by atoms with Crippen LogP contribution in [-0.2, 0) is 6.61 Å². The molecule has 0 fully saturated rings. The zero-order chi connectivity index (χ0) is 16.1. The van der Waals surface area contributed by atoms with Crippen LogP contribution in [0.2, 0.25) is 10.0 Å². The van der Waals surface area contributed by atoms with Crippen molar-refractivity contribution in [2.45, 2.75) is 6.61 Å². The topological polar surface area (TPSA) is 64.3 Å². The lowest BCUT2D eigenvalue weighted by atomic mass is 10.2. The van der Waals surface area contributed by atoms with E-state index in [1.54, 1.807) is 36.4 Å². The number of ether oxygens (including phenoxy) is 1. The molecule has 0 aliphatic heterocycles. The molecule has 0 atom stereocenters. The van der Waals surface area contributed by atoms with Gasteiger partial charge in [0.25, 0.3) is 5.91 Å². The van der Waals surface area contributed by atoms with Crippen LogP contribution in [-0.4, -0.2) is 11.0 Å². The molecule has 2 aromatic carbocycles. The predicted octanol–water partition coefficient (Wildman–Crippen LogP) is 3.55. The number of hydrogen-bond acceptors (Lipinski definition) is 3. The van der Waals surface area contributed by atoms with E-state index in [-0.39, 0.29) is 11.0 Å². The number of thiocarbonyl (C=S) groups is 1. The summed E-state index contributed by atoms with van der Waals surface area (Å²) in [4.78, 5) is 11.7. The summed E-state index contributed by atoms with van der Waals surface area (Å²) < 4.78 is 5.62. The summed E-state index contributed by atoms with van der Waals surface area (Å²) in [6.07, 6.45) is 0. The number of carbonyl (C=O) groups excluding carboxylic acids is 1. The SMILES string of the molecule is NC(=S)NC(=O)c1ccc(OCc2ccc(Cl)c(Cl)c2)cc1. The average molecular weight is 355 g/mol. The highest BCUT2D eigenvalue weighted by Gasteiger charge is 2.06. The molecule has 0 radical (unpaired) electrons. The fourth-order valence-electron chi connectivity index (χ4n) is 1.68. The van der Waals surface area contributed by atoms with E-state index in [1.807, 2.05) is 6.07 Å². The Morgan fingerprint density at radius 3 is 2.41 bits per heavy atom. The van der Waals surface area contributed by atoms with E-state index in [9.17, 15) is 4.79 Å². The zero-order valence-electron chi connectivity index (χ0n) is 11.3. The molecule has 2 aromatic rings. The maximum Gasteiger partial charge on any atom is 0.257 e. The summed E-state index contributed by atoms with van der Waals surface area (Å²) in [6, 6.07) is 11.9. The minimum atomic E-state index is -0.358. The minimum Gasteiger partial charge on any atom is -0.489 e. The fourth-order valence-corrected chi connectivity index (χ4v) is 2.10. The van der Waals surface area contributed by atoms with E-state index in [1.165, 1.54) is 0 Å². The van der Waals surface area contributed by atoms with Crippen LogP contribution >= 0.6 is 35.4 Å². The third-order valence-electron chi connectivity index (χ3n) is 2.74. The molecule has 0 heterocycles. The molecule has 0 aromatic heterocycles. The van der Waals surface area contributed by atoms with Gasteiger partial charge in [0.2, 0.25) is 0 Å². The standard InChI is InChI=1S/C15H12Cl2N2O2S/c16-12-6-1-9(7-13(12)17)8-21-11-4-2-10(3-5-11)14(20)19-15(18)22/h1-7H,8H2,(H3,18,19,20,22). The van der Waals surface area contributed by atoms with Crippen LogP contribution in [0.15, 0.2) is 42.5 Å². The summed E-state index contributed by atoms with van der Waals surface area (Å²) in [5.74, 6) is 0.265. The van der Waals surface area contributed by atoms with Crippen LogP contribution in [0.4, 0.5) is 0 Å². The fraction of sp³-hybridized carbons (Fsp3) is 0.0667. The van der Waals surface area contributed by atoms with E-state index in [0.29, 0.717) is 28.0 Å². The number of carbonyl (C=O) groups is 1. The van der Waals surface area contributed by atoms with E-state index in [0.717, 1.165) is 5.56 Å². The van der Waals surface area contributed by atoms with Gasteiger partial charge >= 0.3 is 0 Å². The lowest BCUT2D eigenvalue weighted by molar-refractivity contribution is 0.0977. The van der Waals surface area contributed by atoms with Crippen molar-refractivity contribution >= 4 is 46.4 Å². The van der Waals surface area contributed by atoms with E-state index < -0.39 is 0 Å². The number of nitrogens with one attached hydrogen (secondary N) is 1. The number of rotatable bonds is 4. The molecule has 22 heavy (non-hydrogen) atoms. The monoisotopic (exact) mass is 354 g/mol. The van der Waals surface area contributed by atoms with Crippen molar-refractivity contribution in [2.24, 2.45) is 5.73 Å². The number of halogens is 2. The molecule has 1 amide bonds. The second kappa shape index (κ2) is 7.45. The molecule has 0 bridgehead atoms. The number of benzene rings is 2. The van der Waals surface area contributed by atoms with Crippen molar-refractivity contribution in [2.75, 3.05) is 0 Å². The quantitative estimate of drug-likeness (QED) is 0.824. The smallest absolute Gasteiger partial charge is 0.257 e. The maximum absolute atomic E-state index is 11.7. The van der Waals surface area contributed by atoms with Crippen molar-refractivity contribution in [3.05, 3.63) is 63.6 Å². The number of hydrogen-bond donors (Lipinski definition) is 2. The zero-order valence-corrected chi connectivity index (χ0v) is 13.6. The lowest BCUT2D eigenvalue weighted by Gasteiger charge is -2.08. The first-order valence-electron chi connectivity index (χ1n) is 6.23. The largest absolute Gasteiger partial charge is 0.489 e. The molecule has 3 N–H and O–H groups in total. The molecule has 7 heteroatoms. The normalized spacial score (nSPS) is 10.1. The first-order valence-corrected chi connectivity index (χ1v) is 7.39. The van der Waals surface area contributed by atoms with Crippen LogP contribution in [0.5, 0.6) is 5.75 Å². The second-order valence-electron chi connectivity index (χ2n) is 4.38. The Balaban J connectivity index is 1.97. The Bertz CT molecular complexity index is 705. The highest BCUT2D eigenvalue weighted by atomic mass is 35.5. The maximum atomic E-state index is 11.7. The molecular formula is C15H12Cl2N2O2S. The second-order valence-corrected chi connectivity index (χ2v) is 5.63. The summed E-state index contributed by atoms with van der Waals surface area (Å²) in [6.45, 7) is 0.343. The van der Waals surface area contributed by atoms with E-state index in [4.69, 9.17) is 33.7 Å². The van der Waals surface area contributed by atoms with Crippen molar-refractivity contribution in [1.29, 1.82) is 0 Å². The van der Waals surface area contributed by atoms with Crippen molar-refractivity contribution in [3.8, 4) is 5.75 Å². The molecule has 0 aliphatic rings. The Hall–Kier alpha value is -1.82. The highest BCUT2D eigenvalue weighted by molar-refractivity contribution is 7.80. The van der Waals surface area contributed by atoms with E-state index >= 15 is 0 Å². The summed E-state index contributed by atoms with van der Waals surface area (Å²) >= 11 is 16.4. The van der Waals surface area contributed by atoms with Gasteiger partial charge in [-0.05, 0) is 54.2 Å². The van der Waals surface area contributed by atoms with Gasteiger partial charge in [-0.25, -0.2) is 0 Å². The van der Waals surface area contributed by atoms with Gasteiger partial charge in [0.15, 0.2) is 5.11 Å². The third kappa shape index (κ3) is 4.59. The third-order valence-corrected chi connectivity index (χ3v) is 3.58. The van der Waals surface area contributed by atoms with Crippen LogP contribution in [0.3, 0.4) is 0 Å². The van der Waals surface area contributed by atoms with Crippen LogP contribution in [0.1, 0.15) is 15.9 Å². The van der Waals surface area contributed by atoms with Gasteiger partial charge in [-0.15, -0.1) is 0 Å². The Morgan fingerprint density at radius 2 is 1.82 bits per heavy atom. The van der Waals surface area contributed by atoms with Gasteiger partial charge in [-0.1, -0.05) is 29.3 Å². The van der Waals surface area contributed by atoms with Crippen LogP contribution in [0, 0.1) is 0 Å². The van der Waals surface area contributed by atoms with Gasteiger partial charge in [-0.2, -0.15) is 0 Å². The summed E-state index contributed by atoms with van der Waals surface area (Å²) in [7, 11) is 0. The van der Waals surface area contributed by atoms with Gasteiger partial charge in [0.1, 0.15) is 12.4 Å². The summed E-state index contributed by atoms with van der Waals surface area (Å²) in [5.41, 5.74) is 6.58. The average Bonchev–Trinajstić information content (AvgIpc) is 2.48. The molecule has 4 nitrogen and oxygen atoms in total. The van der Waals surface area contributed by atoms with Gasteiger partial charge in [-0.3, -0.25) is 10.1 Å². The molecule has 0 aliphatic carbocycles. The molecule has 0 saturated heterocycles. The highest BCUT2D eigenvalue weighted by Crippen LogP contribution is 2.23. The van der Waals surface area contributed by atoms with Crippen molar-refractivity contribution in [1.82, 2.24) is 5.32 Å². The lowest BCUT2D eigenvalue weighted by Crippen LogP contribution is -2.34. The van der Waals surface area contributed by atoms with Crippen molar-refractivity contribution in [3.63, 3.8) is 0 Å². The van der Waals surface area contributed by atoms with Crippen molar-refractivity contribution < 1.29 is 9.53 Å². The number of nitrogens with two attached hydrogens (primary N) is 1. The predicted molar refractivity (Wildman–Crippen MR) is 91.5 cm³/mol. The Morgan fingerprint density at radius 1 is 1.14 bits per heavy atom. The van der Waals surface area contributed by atoms with Gasteiger partial charge < -0.3 is 10.5 Å². The van der Waals surface area contributed by atoms with E-state index in [2.05, 4.69) is 17.5 Å². The Labute approximate surface area is 143 Å². The molecule has 114 valence electrons. The molecule has 2 rings (SSSR count).